The number of aliphatic carboxylic acids is 1. The Hall–Kier alpha value is -2.75. The van der Waals surface area contributed by atoms with Gasteiger partial charge in [0.1, 0.15) is 0 Å². The Bertz CT molecular complexity index is 1100. The highest BCUT2D eigenvalue weighted by atomic mass is 32.2. The van der Waals surface area contributed by atoms with Gasteiger partial charge < -0.3 is 15.5 Å². The van der Waals surface area contributed by atoms with E-state index in [-0.39, 0.29) is 30.3 Å². The van der Waals surface area contributed by atoms with E-state index in [2.05, 4.69) is 5.32 Å². The lowest BCUT2D eigenvalue weighted by Crippen LogP contribution is -2.53. The molecule has 3 atom stereocenters. The van der Waals surface area contributed by atoms with Gasteiger partial charge in [-0.05, 0) is 43.9 Å². The van der Waals surface area contributed by atoms with Gasteiger partial charge in [-0.25, -0.2) is 8.42 Å². The van der Waals surface area contributed by atoms with Crippen molar-refractivity contribution in [2.45, 2.75) is 58.1 Å². The van der Waals surface area contributed by atoms with Crippen LogP contribution in [0, 0.1) is 17.3 Å². The Labute approximate surface area is 214 Å². The number of carbonyl (C=O) groups is 2. The highest BCUT2D eigenvalue weighted by molar-refractivity contribution is 7.89. The third-order valence-electron chi connectivity index (χ3n) is 6.46. The molecule has 0 aliphatic carbocycles. The summed E-state index contributed by atoms with van der Waals surface area (Å²) in [5.41, 5.74) is -0.486. The van der Waals surface area contributed by atoms with Crippen LogP contribution in [-0.4, -0.2) is 60.0 Å². The molecule has 0 bridgehead atoms. The van der Waals surface area contributed by atoms with Gasteiger partial charge >= 0.3 is 5.97 Å². The Balaban J connectivity index is 2.35. The molecule has 1 unspecified atom stereocenters. The predicted octanol–water partition coefficient (Wildman–Crippen LogP) is 3.17. The number of carbonyl (C=O) groups excluding carboxylic acids is 1. The second kappa shape index (κ2) is 12.5. The van der Waals surface area contributed by atoms with Crippen molar-refractivity contribution in [2.75, 3.05) is 13.1 Å². The van der Waals surface area contributed by atoms with Gasteiger partial charge in [0.15, 0.2) is 0 Å². The van der Waals surface area contributed by atoms with Gasteiger partial charge in [-0.1, -0.05) is 69.3 Å². The first kappa shape index (κ1) is 29.5. The van der Waals surface area contributed by atoms with Crippen molar-refractivity contribution in [3.63, 3.8) is 0 Å². The lowest BCUT2D eigenvalue weighted by Gasteiger charge is -2.33. The fraction of sp³-hybridized carbons (Fsp3) is 0.481. The summed E-state index contributed by atoms with van der Waals surface area (Å²) in [5, 5.41) is 23.6. The average molecular weight is 519 g/mol. The molecule has 0 heterocycles. The lowest BCUT2D eigenvalue weighted by molar-refractivity contribution is -0.153. The summed E-state index contributed by atoms with van der Waals surface area (Å²) >= 11 is 0. The van der Waals surface area contributed by atoms with Gasteiger partial charge in [-0.15, -0.1) is 0 Å². The zero-order valence-corrected chi connectivity index (χ0v) is 22.4. The first-order valence-corrected chi connectivity index (χ1v) is 13.5. The smallest absolute Gasteiger partial charge is 0.309 e. The summed E-state index contributed by atoms with van der Waals surface area (Å²) in [5.74, 6) is -2.53. The van der Waals surface area contributed by atoms with Crippen molar-refractivity contribution in [2.24, 2.45) is 17.3 Å². The maximum Gasteiger partial charge on any atom is 0.309 e. The molecule has 9 heteroatoms. The Morgan fingerprint density at radius 1 is 0.944 bits per heavy atom. The van der Waals surface area contributed by atoms with E-state index in [0.29, 0.717) is 0 Å². The number of carboxylic acid groups (broad SMARTS) is 1. The summed E-state index contributed by atoms with van der Waals surface area (Å²) in [4.78, 5) is 24.9. The molecule has 1 amide bonds. The number of sulfonamides is 1. The van der Waals surface area contributed by atoms with Gasteiger partial charge in [0.2, 0.25) is 15.9 Å². The van der Waals surface area contributed by atoms with E-state index in [9.17, 15) is 28.2 Å². The van der Waals surface area contributed by atoms with Crippen molar-refractivity contribution < 1.29 is 28.2 Å². The van der Waals surface area contributed by atoms with Gasteiger partial charge in [-0.2, -0.15) is 4.31 Å². The van der Waals surface area contributed by atoms with Crippen molar-refractivity contribution in [1.82, 2.24) is 9.62 Å². The number of nitrogens with one attached hydrogen (secondary N) is 1. The molecule has 0 spiro atoms. The van der Waals surface area contributed by atoms with E-state index in [4.69, 9.17) is 0 Å². The molecule has 0 saturated carbocycles. The van der Waals surface area contributed by atoms with E-state index >= 15 is 0 Å². The number of rotatable bonds is 13. The molecule has 2 aromatic carbocycles. The average Bonchev–Trinajstić information content (AvgIpc) is 2.83. The molecule has 0 aliphatic heterocycles. The highest BCUT2D eigenvalue weighted by Gasteiger charge is 2.40. The number of amides is 1. The van der Waals surface area contributed by atoms with Gasteiger partial charge in [0, 0.05) is 13.1 Å². The van der Waals surface area contributed by atoms with Crippen LogP contribution in [0.1, 0.15) is 40.2 Å². The van der Waals surface area contributed by atoms with E-state index in [0.717, 1.165) is 5.56 Å². The fourth-order valence-electron chi connectivity index (χ4n) is 3.73. The molecule has 36 heavy (non-hydrogen) atoms. The van der Waals surface area contributed by atoms with Gasteiger partial charge in [0.25, 0.3) is 0 Å². The van der Waals surface area contributed by atoms with Crippen molar-refractivity contribution in [1.29, 1.82) is 0 Å². The summed E-state index contributed by atoms with van der Waals surface area (Å²) in [6.45, 7) is 8.20. The first-order chi connectivity index (χ1) is 16.8. The quantitative estimate of drug-likeness (QED) is 0.374. The van der Waals surface area contributed by atoms with Gasteiger partial charge in [-0.3, -0.25) is 9.59 Å². The number of benzene rings is 2. The minimum absolute atomic E-state index is 0.00533. The van der Waals surface area contributed by atoms with Crippen LogP contribution >= 0.6 is 0 Å². The summed E-state index contributed by atoms with van der Waals surface area (Å²) in [6.07, 6.45) is -0.999. The van der Waals surface area contributed by atoms with E-state index < -0.39 is 45.4 Å². The second-order valence-corrected chi connectivity index (χ2v) is 12.1. The van der Waals surface area contributed by atoms with Crippen LogP contribution in [0.5, 0.6) is 0 Å². The number of hydrogen-bond donors (Lipinski definition) is 3. The molecule has 3 N–H and O–H groups in total. The maximum atomic E-state index is 13.4. The number of aliphatic hydroxyl groups excluding tert-OH is 1. The summed E-state index contributed by atoms with van der Waals surface area (Å²) in [6, 6.07) is 16.4. The van der Waals surface area contributed by atoms with Crippen LogP contribution in [0.25, 0.3) is 0 Å². The molecule has 198 valence electrons. The molecule has 0 aliphatic rings. The SMILES string of the molecule is CC(C)CN(C[C@@H](O)C(Cc1ccccc1)NC(=O)[C@H](C)C(C)(C)C(=O)O)S(=O)(=O)c1ccccc1. The minimum atomic E-state index is -3.89. The van der Waals surface area contributed by atoms with Crippen LogP contribution in [0.15, 0.2) is 65.6 Å². The van der Waals surface area contributed by atoms with Crippen molar-refractivity contribution in [3.8, 4) is 0 Å². The standard InChI is InChI=1S/C27H38N2O6S/c1-19(2)17-29(36(34,35)22-14-10-7-11-15-22)18-24(30)23(16-21-12-8-6-9-13-21)28-25(31)20(3)27(4,5)26(32)33/h6-15,19-20,23-24,30H,16-18H2,1-5H3,(H,28,31)(H,32,33)/t20-,23?,24+/m0/s1. The summed E-state index contributed by atoms with van der Waals surface area (Å²) < 4.78 is 28.0. The first-order valence-electron chi connectivity index (χ1n) is 12.1. The molecule has 0 saturated heterocycles. The topological polar surface area (TPSA) is 124 Å². The maximum absolute atomic E-state index is 13.4. The van der Waals surface area contributed by atoms with E-state index in [1.165, 1.54) is 37.2 Å². The number of nitrogens with zero attached hydrogens (tertiary/aromatic N) is 1. The molecule has 0 radical (unpaired) electrons. The molecular weight excluding hydrogens is 480 g/mol. The third kappa shape index (κ3) is 7.62. The molecule has 0 aromatic heterocycles. The zero-order chi connectivity index (χ0) is 27.1. The third-order valence-corrected chi connectivity index (χ3v) is 8.30. The van der Waals surface area contributed by atoms with Crippen LogP contribution < -0.4 is 5.32 Å². The predicted molar refractivity (Wildman–Crippen MR) is 139 cm³/mol. The normalized spacial score (nSPS) is 14.9. The Morgan fingerprint density at radius 3 is 1.97 bits per heavy atom. The lowest BCUT2D eigenvalue weighted by atomic mass is 9.79. The second-order valence-electron chi connectivity index (χ2n) is 10.1. The highest BCUT2D eigenvalue weighted by Crippen LogP contribution is 2.27. The number of hydrogen-bond acceptors (Lipinski definition) is 5. The van der Waals surface area contributed by atoms with Crippen LogP contribution in [0.2, 0.25) is 0 Å². The minimum Gasteiger partial charge on any atom is -0.481 e. The van der Waals surface area contributed by atoms with Crippen LogP contribution in [0.4, 0.5) is 0 Å². The zero-order valence-electron chi connectivity index (χ0n) is 21.6. The molecule has 0 fully saturated rings. The summed E-state index contributed by atoms with van der Waals surface area (Å²) in [7, 11) is -3.89. The van der Waals surface area contributed by atoms with Crippen LogP contribution in [-0.2, 0) is 26.0 Å². The molecule has 8 nitrogen and oxygen atoms in total. The number of carboxylic acids is 1. The Morgan fingerprint density at radius 2 is 1.47 bits per heavy atom. The van der Waals surface area contributed by atoms with E-state index in [1.54, 1.807) is 18.2 Å². The Kier molecular flexibility index (Phi) is 10.2. The van der Waals surface area contributed by atoms with Gasteiger partial charge in [0.05, 0.1) is 28.4 Å². The molecule has 2 aromatic rings. The fourth-order valence-corrected chi connectivity index (χ4v) is 5.37. The van der Waals surface area contributed by atoms with Crippen LogP contribution in [0.3, 0.4) is 0 Å². The number of aliphatic hydroxyl groups is 1. The molecule has 2 rings (SSSR count). The monoisotopic (exact) mass is 518 g/mol. The van der Waals surface area contributed by atoms with Crippen molar-refractivity contribution >= 4 is 21.9 Å². The molecular formula is C27H38N2O6S. The van der Waals surface area contributed by atoms with E-state index in [1.807, 2.05) is 44.2 Å². The largest absolute Gasteiger partial charge is 0.481 e. The van der Waals surface area contributed by atoms with Crippen molar-refractivity contribution in [3.05, 3.63) is 66.2 Å².